The summed E-state index contributed by atoms with van der Waals surface area (Å²) in [6, 6.07) is 0. The van der Waals surface area contributed by atoms with E-state index in [1.165, 1.54) is 7.11 Å². The van der Waals surface area contributed by atoms with E-state index in [0.29, 0.717) is 0 Å². The summed E-state index contributed by atoms with van der Waals surface area (Å²) >= 11 is 0. The number of methoxy groups -OCH3 is 1. The summed E-state index contributed by atoms with van der Waals surface area (Å²) in [4.78, 5) is 6.86. The van der Waals surface area contributed by atoms with E-state index in [2.05, 4.69) is 14.7 Å². The fourth-order valence-electron chi connectivity index (χ4n) is 0.507. The lowest BCUT2D eigenvalue weighted by atomic mass is 10.1. The van der Waals surface area contributed by atoms with Gasteiger partial charge in [-0.15, -0.1) is 0 Å². The number of hydrogen-bond donors (Lipinski definition) is 0. The predicted molar refractivity (Wildman–Crippen MR) is 33.9 cm³/mol. The van der Waals surface area contributed by atoms with Gasteiger partial charge in [0.2, 0.25) is 5.82 Å². The molecule has 2 radical (unpaired) electrons. The maximum Gasteiger partial charge on any atom is 0.252 e. The Morgan fingerprint density at radius 2 is 2.40 bits per heavy atom. The zero-order valence-electron chi connectivity index (χ0n) is 5.34. The zero-order chi connectivity index (χ0) is 7.56. The monoisotopic (exact) mass is 138 g/mol. The van der Waals surface area contributed by atoms with Crippen molar-refractivity contribution in [2.24, 2.45) is 0 Å². The molecule has 0 aliphatic carbocycles. The number of aromatic nitrogens is 2. The Balaban J connectivity index is 3.09. The standard InChI is InChI=1S/C5H4BFN2O/c1-10-4-3(7)2-8-5(6)9-4/h2H,1H3. The summed E-state index contributed by atoms with van der Waals surface area (Å²) in [5.41, 5.74) is -0.00162. The van der Waals surface area contributed by atoms with Crippen LogP contribution in [0.25, 0.3) is 0 Å². The van der Waals surface area contributed by atoms with Gasteiger partial charge in [0.1, 0.15) is 0 Å². The second-order valence-corrected chi connectivity index (χ2v) is 1.59. The van der Waals surface area contributed by atoms with Crippen molar-refractivity contribution in [3.8, 4) is 5.88 Å². The molecule has 0 aromatic carbocycles. The Morgan fingerprint density at radius 1 is 1.70 bits per heavy atom. The van der Waals surface area contributed by atoms with E-state index >= 15 is 0 Å². The van der Waals surface area contributed by atoms with Gasteiger partial charge < -0.3 is 4.74 Å². The highest BCUT2D eigenvalue weighted by molar-refractivity contribution is 6.28. The van der Waals surface area contributed by atoms with Crippen LogP contribution in [0.15, 0.2) is 6.20 Å². The van der Waals surface area contributed by atoms with Crippen molar-refractivity contribution in [2.45, 2.75) is 0 Å². The first-order valence-electron chi connectivity index (χ1n) is 2.56. The van der Waals surface area contributed by atoms with E-state index in [9.17, 15) is 4.39 Å². The molecule has 0 aliphatic rings. The maximum absolute atomic E-state index is 12.5. The molecule has 0 N–H and O–H groups in total. The fourth-order valence-corrected chi connectivity index (χ4v) is 0.507. The third-order valence-corrected chi connectivity index (χ3v) is 0.924. The Labute approximate surface area is 58.7 Å². The second-order valence-electron chi connectivity index (χ2n) is 1.59. The molecular formula is C5H4BFN2O. The van der Waals surface area contributed by atoms with Crippen LogP contribution in [0, 0.1) is 5.82 Å². The molecule has 0 fully saturated rings. The summed E-state index contributed by atoms with van der Waals surface area (Å²) < 4.78 is 17.0. The van der Waals surface area contributed by atoms with Gasteiger partial charge in [0, 0.05) is 0 Å². The van der Waals surface area contributed by atoms with Crippen molar-refractivity contribution < 1.29 is 9.13 Å². The van der Waals surface area contributed by atoms with Gasteiger partial charge in [-0.1, -0.05) is 0 Å². The molecule has 1 aromatic rings. The molecule has 3 nitrogen and oxygen atoms in total. The Kier molecular flexibility index (Phi) is 1.84. The van der Waals surface area contributed by atoms with Crippen molar-refractivity contribution in [2.75, 3.05) is 7.11 Å². The molecule has 0 bridgehead atoms. The average Bonchev–Trinajstić information content (AvgIpc) is 1.94. The molecule has 0 spiro atoms. The van der Waals surface area contributed by atoms with Crippen molar-refractivity contribution in [1.82, 2.24) is 9.97 Å². The van der Waals surface area contributed by atoms with Crippen LogP contribution in [0.3, 0.4) is 0 Å². The number of rotatable bonds is 1. The minimum absolute atomic E-state index is 0.00162. The first-order valence-corrected chi connectivity index (χ1v) is 2.56. The van der Waals surface area contributed by atoms with Crippen LogP contribution >= 0.6 is 0 Å². The van der Waals surface area contributed by atoms with E-state index < -0.39 is 5.82 Å². The van der Waals surface area contributed by atoms with Gasteiger partial charge in [-0.2, -0.15) is 4.39 Å². The maximum atomic E-state index is 12.5. The summed E-state index contributed by atoms with van der Waals surface area (Å²) in [6.45, 7) is 0. The fraction of sp³-hybridized carbons (Fsp3) is 0.200. The SMILES string of the molecule is [B]c1ncc(F)c(OC)n1. The van der Waals surface area contributed by atoms with Gasteiger partial charge in [0.15, 0.2) is 7.85 Å². The number of halogens is 1. The van der Waals surface area contributed by atoms with Gasteiger partial charge >= 0.3 is 0 Å². The van der Waals surface area contributed by atoms with Gasteiger partial charge in [0.25, 0.3) is 5.88 Å². The molecule has 0 atom stereocenters. The van der Waals surface area contributed by atoms with Crippen molar-refractivity contribution in [3.63, 3.8) is 0 Å². The van der Waals surface area contributed by atoms with Crippen LogP contribution in [0.1, 0.15) is 0 Å². The predicted octanol–water partition coefficient (Wildman–Crippen LogP) is -0.582. The van der Waals surface area contributed by atoms with E-state index in [4.69, 9.17) is 7.85 Å². The highest BCUT2D eigenvalue weighted by atomic mass is 19.1. The molecule has 0 unspecified atom stereocenters. The highest BCUT2D eigenvalue weighted by Crippen LogP contribution is 2.06. The van der Waals surface area contributed by atoms with E-state index in [-0.39, 0.29) is 11.6 Å². The van der Waals surface area contributed by atoms with Crippen LogP contribution in [0.4, 0.5) is 4.39 Å². The molecule has 10 heavy (non-hydrogen) atoms. The van der Waals surface area contributed by atoms with Gasteiger partial charge in [0.05, 0.1) is 19.0 Å². The Morgan fingerprint density at radius 3 is 2.90 bits per heavy atom. The molecule has 0 aliphatic heterocycles. The van der Waals surface area contributed by atoms with Gasteiger partial charge in [-0.25, -0.2) is 4.98 Å². The first kappa shape index (κ1) is 6.99. The minimum Gasteiger partial charge on any atom is -0.479 e. The van der Waals surface area contributed by atoms with Crippen molar-refractivity contribution >= 4 is 13.6 Å². The highest BCUT2D eigenvalue weighted by Gasteiger charge is 2.02. The quantitative estimate of drug-likeness (QED) is 0.486. The summed E-state index contributed by atoms with van der Waals surface area (Å²) in [5.74, 6) is -0.746. The minimum atomic E-state index is -0.614. The van der Waals surface area contributed by atoms with Crippen molar-refractivity contribution in [3.05, 3.63) is 12.0 Å². The third kappa shape index (κ3) is 1.23. The molecule has 1 aromatic heterocycles. The molecule has 0 saturated carbocycles. The summed E-state index contributed by atoms with van der Waals surface area (Å²) in [7, 11) is 6.44. The number of hydrogen-bond acceptors (Lipinski definition) is 3. The third-order valence-electron chi connectivity index (χ3n) is 0.924. The molecule has 1 heterocycles. The molecule has 0 amide bonds. The van der Waals surface area contributed by atoms with E-state index in [1.807, 2.05) is 0 Å². The average molecular weight is 138 g/mol. The van der Waals surface area contributed by atoms with Crippen LogP contribution in [-0.2, 0) is 0 Å². The molecule has 0 saturated heterocycles. The topological polar surface area (TPSA) is 35.0 Å². The second kappa shape index (κ2) is 2.64. The van der Waals surface area contributed by atoms with Crippen LogP contribution < -0.4 is 10.5 Å². The molecular weight excluding hydrogens is 134 g/mol. The normalized spacial score (nSPS) is 9.40. The first-order chi connectivity index (χ1) is 4.74. The number of nitrogens with zero attached hydrogens (tertiary/aromatic N) is 2. The van der Waals surface area contributed by atoms with Gasteiger partial charge in [-0.05, 0) is 0 Å². The van der Waals surface area contributed by atoms with Crippen LogP contribution in [-0.4, -0.2) is 24.9 Å². The molecule has 50 valence electrons. The van der Waals surface area contributed by atoms with E-state index in [0.717, 1.165) is 6.20 Å². The number of ether oxygens (including phenoxy) is 1. The van der Waals surface area contributed by atoms with E-state index in [1.54, 1.807) is 0 Å². The van der Waals surface area contributed by atoms with Crippen LogP contribution in [0.5, 0.6) is 5.88 Å². The molecule has 1 rings (SSSR count). The Bertz CT molecular complexity index is 243. The zero-order valence-corrected chi connectivity index (χ0v) is 5.34. The summed E-state index contributed by atoms with van der Waals surface area (Å²) in [5, 5.41) is 0. The Hall–Kier alpha value is -1.13. The largest absolute Gasteiger partial charge is 0.479 e. The van der Waals surface area contributed by atoms with Crippen LogP contribution in [0.2, 0.25) is 0 Å². The molecule has 5 heteroatoms. The lowest BCUT2D eigenvalue weighted by Crippen LogP contribution is -2.14. The van der Waals surface area contributed by atoms with Crippen molar-refractivity contribution in [1.29, 1.82) is 0 Å². The lowest BCUT2D eigenvalue weighted by Gasteiger charge is -1.99. The lowest BCUT2D eigenvalue weighted by molar-refractivity contribution is 0.368. The summed E-state index contributed by atoms with van der Waals surface area (Å²) in [6.07, 6.45) is 0.959. The van der Waals surface area contributed by atoms with Gasteiger partial charge in [-0.3, -0.25) is 4.98 Å². The smallest absolute Gasteiger partial charge is 0.252 e.